The summed E-state index contributed by atoms with van der Waals surface area (Å²) >= 11 is 0. The minimum Gasteiger partial charge on any atom is -0.480 e. The van der Waals surface area contributed by atoms with Crippen LogP contribution in [0.4, 0.5) is 0 Å². The SMILES string of the molecule is CN1C2CCC1CC(N1CCCCC1(C)C(=O)O)C2. The molecular weight excluding hydrogens is 240 g/mol. The van der Waals surface area contributed by atoms with Crippen molar-refractivity contribution in [3.63, 3.8) is 0 Å². The van der Waals surface area contributed by atoms with Gasteiger partial charge in [-0.1, -0.05) is 0 Å². The molecule has 3 saturated heterocycles. The first-order valence-electron chi connectivity index (χ1n) is 7.74. The number of piperidine rings is 2. The molecule has 19 heavy (non-hydrogen) atoms. The van der Waals surface area contributed by atoms with Crippen molar-refractivity contribution in [1.82, 2.24) is 9.80 Å². The zero-order chi connectivity index (χ0) is 13.6. The monoisotopic (exact) mass is 266 g/mol. The third kappa shape index (κ3) is 2.09. The molecule has 3 unspecified atom stereocenters. The molecule has 2 bridgehead atoms. The van der Waals surface area contributed by atoms with Crippen LogP contribution < -0.4 is 0 Å². The summed E-state index contributed by atoms with van der Waals surface area (Å²) in [5, 5.41) is 9.65. The predicted molar refractivity (Wildman–Crippen MR) is 74.2 cm³/mol. The molecule has 3 atom stereocenters. The van der Waals surface area contributed by atoms with Gasteiger partial charge in [-0.15, -0.1) is 0 Å². The summed E-state index contributed by atoms with van der Waals surface area (Å²) in [5.74, 6) is -0.626. The third-order valence-corrected chi connectivity index (χ3v) is 5.92. The molecule has 4 heteroatoms. The number of hydrogen-bond acceptors (Lipinski definition) is 3. The molecular formula is C15H26N2O2. The van der Waals surface area contributed by atoms with Gasteiger partial charge in [-0.2, -0.15) is 0 Å². The van der Waals surface area contributed by atoms with Crippen LogP contribution in [0.2, 0.25) is 0 Å². The van der Waals surface area contributed by atoms with E-state index in [0.717, 1.165) is 38.6 Å². The molecule has 0 aromatic rings. The summed E-state index contributed by atoms with van der Waals surface area (Å²) in [4.78, 5) is 16.6. The van der Waals surface area contributed by atoms with Gasteiger partial charge in [0.2, 0.25) is 0 Å². The fourth-order valence-electron chi connectivity index (χ4n) is 4.59. The molecule has 0 aliphatic carbocycles. The van der Waals surface area contributed by atoms with E-state index in [1.807, 2.05) is 6.92 Å². The Morgan fingerprint density at radius 2 is 1.79 bits per heavy atom. The zero-order valence-electron chi connectivity index (χ0n) is 12.1. The molecule has 3 aliphatic rings. The highest BCUT2D eigenvalue weighted by molar-refractivity contribution is 5.78. The largest absolute Gasteiger partial charge is 0.480 e. The zero-order valence-corrected chi connectivity index (χ0v) is 12.1. The first kappa shape index (κ1) is 13.4. The Bertz CT molecular complexity index is 359. The van der Waals surface area contributed by atoms with Gasteiger partial charge in [0.1, 0.15) is 5.54 Å². The van der Waals surface area contributed by atoms with Crippen molar-refractivity contribution >= 4 is 5.97 Å². The van der Waals surface area contributed by atoms with Crippen LogP contribution in [0.3, 0.4) is 0 Å². The van der Waals surface area contributed by atoms with E-state index >= 15 is 0 Å². The van der Waals surface area contributed by atoms with Crippen LogP contribution in [0.25, 0.3) is 0 Å². The first-order valence-corrected chi connectivity index (χ1v) is 7.74. The van der Waals surface area contributed by atoms with E-state index in [0.29, 0.717) is 18.1 Å². The smallest absolute Gasteiger partial charge is 0.323 e. The molecule has 0 amide bonds. The highest BCUT2D eigenvalue weighted by atomic mass is 16.4. The fourth-order valence-corrected chi connectivity index (χ4v) is 4.59. The number of nitrogens with zero attached hydrogens (tertiary/aromatic N) is 2. The summed E-state index contributed by atoms with van der Waals surface area (Å²) in [6, 6.07) is 1.85. The van der Waals surface area contributed by atoms with Crippen molar-refractivity contribution < 1.29 is 9.90 Å². The Labute approximate surface area is 115 Å². The Hall–Kier alpha value is -0.610. The highest BCUT2D eigenvalue weighted by Crippen LogP contribution is 2.40. The molecule has 0 aromatic heterocycles. The Morgan fingerprint density at radius 3 is 2.37 bits per heavy atom. The Balaban J connectivity index is 1.79. The van der Waals surface area contributed by atoms with Crippen molar-refractivity contribution in [2.75, 3.05) is 13.6 Å². The predicted octanol–water partition coefficient (Wildman–Crippen LogP) is 1.94. The van der Waals surface area contributed by atoms with Gasteiger partial charge < -0.3 is 10.0 Å². The second kappa shape index (κ2) is 4.74. The van der Waals surface area contributed by atoms with Crippen molar-refractivity contribution in [2.24, 2.45) is 0 Å². The van der Waals surface area contributed by atoms with Gasteiger partial charge in [0, 0.05) is 18.1 Å². The minimum atomic E-state index is -0.627. The second-order valence-electron chi connectivity index (χ2n) is 6.91. The van der Waals surface area contributed by atoms with E-state index in [1.165, 1.54) is 12.8 Å². The van der Waals surface area contributed by atoms with E-state index in [1.54, 1.807) is 0 Å². The molecule has 1 N–H and O–H groups in total. The summed E-state index contributed by atoms with van der Waals surface area (Å²) in [7, 11) is 2.24. The van der Waals surface area contributed by atoms with Crippen LogP contribution >= 0.6 is 0 Å². The first-order chi connectivity index (χ1) is 9.02. The molecule has 0 radical (unpaired) electrons. The molecule has 4 nitrogen and oxygen atoms in total. The number of rotatable bonds is 2. The van der Waals surface area contributed by atoms with Crippen molar-refractivity contribution in [3.05, 3.63) is 0 Å². The van der Waals surface area contributed by atoms with Gasteiger partial charge in [-0.05, 0) is 65.5 Å². The van der Waals surface area contributed by atoms with Crippen LogP contribution in [0, 0.1) is 0 Å². The van der Waals surface area contributed by atoms with Gasteiger partial charge in [0.05, 0.1) is 0 Å². The maximum absolute atomic E-state index is 11.7. The fraction of sp³-hybridized carbons (Fsp3) is 0.933. The Morgan fingerprint density at radius 1 is 1.16 bits per heavy atom. The van der Waals surface area contributed by atoms with E-state index in [4.69, 9.17) is 0 Å². The molecule has 3 rings (SSSR count). The van der Waals surface area contributed by atoms with Crippen LogP contribution in [0.5, 0.6) is 0 Å². The van der Waals surface area contributed by atoms with Gasteiger partial charge in [-0.25, -0.2) is 0 Å². The van der Waals surface area contributed by atoms with E-state index in [-0.39, 0.29) is 0 Å². The standard InChI is InChI=1S/C15H26N2O2/c1-15(14(18)19)7-3-4-8-17(15)13-9-11-5-6-12(10-13)16(11)2/h11-13H,3-10H2,1-2H3,(H,18,19). The lowest BCUT2D eigenvalue weighted by Crippen LogP contribution is -2.61. The van der Waals surface area contributed by atoms with Crippen molar-refractivity contribution in [1.29, 1.82) is 0 Å². The quantitative estimate of drug-likeness (QED) is 0.829. The molecule has 0 saturated carbocycles. The number of aliphatic carboxylic acids is 1. The molecule has 108 valence electrons. The molecule has 3 aliphatic heterocycles. The molecule has 0 spiro atoms. The topological polar surface area (TPSA) is 43.8 Å². The van der Waals surface area contributed by atoms with Crippen LogP contribution in [0.1, 0.15) is 51.9 Å². The van der Waals surface area contributed by atoms with E-state index < -0.39 is 11.5 Å². The molecule has 3 fully saturated rings. The normalized spacial score (nSPS) is 44.4. The van der Waals surface area contributed by atoms with Gasteiger partial charge in [-0.3, -0.25) is 9.69 Å². The van der Waals surface area contributed by atoms with Crippen molar-refractivity contribution in [3.8, 4) is 0 Å². The number of likely N-dealkylation sites (tertiary alicyclic amines) is 1. The number of fused-ring (bicyclic) bond motifs is 2. The van der Waals surface area contributed by atoms with Crippen molar-refractivity contribution in [2.45, 2.75) is 75.5 Å². The summed E-state index contributed by atoms with van der Waals surface area (Å²) in [5.41, 5.74) is -0.627. The van der Waals surface area contributed by atoms with Gasteiger partial charge >= 0.3 is 5.97 Å². The highest BCUT2D eigenvalue weighted by Gasteiger charge is 2.48. The van der Waals surface area contributed by atoms with Gasteiger partial charge in [0.25, 0.3) is 0 Å². The molecule has 3 heterocycles. The summed E-state index contributed by atoms with van der Waals surface area (Å²) in [6.45, 7) is 2.91. The Kier molecular flexibility index (Phi) is 3.34. The maximum Gasteiger partial charge on any atom is 0.323 e. The van der Waals surface area contributed by atoms with E-state index in [2.05, 4.69) is 16.8 Å². The minimum absolute atomic E-state index is 0.482. The summed E-state index contributed by atoms with van der Waals surface area (Å²) in [6.07, 6.45) is 7.95. The number of carbonyl (C=O) groups is 1. The van der Waals surface area contributed by atoms with Crippen LogP contribution in [-0.2, 0) is 4.79 Å². The summed E-state index contributed by atoms with van der Waals surface area (Å²) < 4.78 is 0. The average Bonchev–Trinajstić information content (AvgIpc) is 2.62. The van der Waals surface area contributed by atoms with E-state index in [9.17, 15) is 9.90 Å². The van der Waals surface area contributed by atoms with Crippen LogP contribution in [0.15, 0.2) is 0 Å². The number of carboxylic acid groups (broad SMARTS) is 1. The lowest BCUT2D eigenvalue weighted by Gasteiger charge is -2.50. The second-order valence-corrected chi connectivity index (χ2v) is 6.91. The van der Waals surface area contributed by atoms with Crippen LogP contribution in [-0.4, -0.2) is 58.1 Å². The lowest BCUT2D eigenvalue weighted by molar-refractivity contribution is -0.156. The third-order valence-electron chi connectivity index (χ3n) is 5.92. The molecule has 0 aromatic carbocycles. The average molecular weight is 266 g/mol. The lowest BCUT2D eigenvalue weighted by atomic mass is 9.84. The maximum atomic E-state index is 11.7. The number of hydrogen-bond donors (Lipinski definition) is 1. The van der Waals surface area contributed by atoms with Gasteiger partial charge in [0.15, 0.2) is 0 Å². The number of carboxylic acids is 1.